The summed E-state index contributed by atoms with van der Waals surface area (Å²) in [6, 6.07) is 8.92. The highest BCUT2D eigenvalue weighted by atomic mass is 32.2. The van der Waals surface area contributed by atoms with Crippen LogP contribution >= 0.6 is 11.8 Å². The van der Waals surface area contributed by atoms with Crippen LogP contribution in [0, 0.1) is 5.41 Å². The van der Waals surface area contributed by atoms with E-state index in [2.05, 4.69) is 43.1 Å². The van der Waals surface area contributed by atoms with Crippen molar-refractivity contribution in [2.24, 2.45) is 5.41 Å². The van der Waals surface area contributed by atoms with E-state index in [1.165, 1.54) is 23.5 Å². The fourth-order valence-corrected chi connectivity index (χ4v) is 4.20. The third-order valence-corrected chi connectivity index (χ3v) is 5.16. The zero-order valence-corrected chi connectivity index (χ0v) is 13.1. The molecule has 1 aromatic carbocycles. The van der Waals surface area contributed by atoms with E-state index < -0.39 is 0 Å². The fraction of sp³-hybridized carbons (Fsp3) is 0.625. The molecule has 1 fully saturated rings. The molecule has 3 heteroatoms. The molecule has 1 atom stereocenters. The third kappa shape index (κ3) is 3.90. The SMILES string of the molecule is COc1ccccc1CCNC1CSCCC1(C)C. The van der Waals surface area contributed by atoms with Gasteiger partial charge in [0.25, 0.3) is 0 Å². The van der Waals surface area contributed by atoms with Crippen molar-refractivity contribution in [2.75, 3.05) is 25.2 Å². The lowest BCUT2D eigenvalue weighted by Crippen LogP contribution is -2.47. The molecule has 1 aromatic rings. The number of hydrogen-bond donors (Lipinski definition) is 1. The van der Waals surface area contributed by atoms with Crippen molar-refractivity contribution < 1.29 is 4.74 Å². The maximum absolute atomic E-state index is 5.40. The fourth-order valence-electron chi connectivity index (χ4n) is 2.56. The predicted octanol–water partition coefficient (Wildman–Crippen LogP) is 3.36. The smallest absolute Gasteiger partial charge is 0.122 e. The van der Waals surface area contributed by atoms with E-state index in [1.54, 1.807) is 7.11 Å². The zero-order valence-electron chi connectivity index (χ0n) is 12.2. The van der Waals surface area contributed by atoms with Crippen LogP contribution in [-0.4, -0.2) is 31.2 Å². The summed E-state index contributed by atoms with van der Waals surface area (Å²) in [5, 5.41) is 3.74. The van der Waals surface area contributed by atoms with Gasteiger partial charge in [0.15, 0.2) is 0 Å². The largest absolute Gasteiger partial charge is 0.496 e. The summed E-state index contributed by atoms with van der Waals surface area (Å²) in [6.45, 7) is 5.79. The van der Waals surface area contributed by atoms with Crippen LogP contribution in [0.4, 0.5) is 0 Å². The van der Waals surface area contributed by atoms with Crippen molar-refractivity contribution in [3.05, 3.63) is 29.8 Å². The summed E-state index contributed by atoms with van der Waals surface area (Å²) in [4.78, 5) is 0. The minimum atomic E-state index is 0.423. The lowest BCUT2D eigenvalue weighted by molar-refractivity contribution is 0.247. The highest BCUT2D eigenvalue weighted by molar-refractivity contribution is 7.99. The first-order valence-corrected chi connectivity index (χ1v) is 8.22. The molecule has 0 amide bonds. The van der Waals surface area contributed by atoms with E-state index in [0.29, 0.717) is 11.5 Å². The molecule has 2 nitrogen and oxygen atoms in total. The first-order valence-electron chi connectivity index (χ1n) is 7.06. The predicted molar refractivity (Wildman–Crippen MR) is 84.2 cm³/mol. The highest BCUT2D eigenvalue weighted by Gasteiger charge is 2.31. The van der Waals surface area contributed by atoms with Gasteiger partial charge in [-0.3, -0.25) is 0 Å². The molecule has 0 spiro atoms. The van der Waals surface area contributed by atoms with Crippen LogP contribution in [0.3, 0.4) is 0 Å². The van der Waals surface area contributed by atoms with Crippen LogP contribution in [0.15, 0.2) is 24.3 Å². The van der Waals surface area contributed by atoms with Gasteiger partial charge in [-0.05, 0) is 42.2 Å². The van der Waals surface area contributed by atoms with Crippen molar-refractivity contribution in [3.8, 4) is 5.75 Å². The van der Waals surface area contributed by atoms with Gasteiger partial charge >= 0.3 is 0 Å². The summed E-state index contributed by atoms with van der Waals surface area (Å²) in [5.74, 6) is 3.54. The van der Waals surface area contributed by atoms with Gasteiger partial charge in [0, 0.05) is 11.8 Å². The van der Waals surface area contributed by atoms with Gasteiger partial charge in [-0.15, -0.1) is 0 Å². The van der Waals surface area contributed by atoms with Gasteiger partial charge < -0.3 is 10.1 Å². The normalized spacial score (nSPS) is 22.2. The summed E-state index contributed by atoms with van der Waals surface area (Å²) < 4.78 is 5.40. The minimum absolute atomic E-state index is 0.423. The maximum atomic E-state index is 5.40. The van der Waals surface area contributed by atoms with Gasteiger partial charge in [-0.1, -0.05) is 32.0 Å². The topological polar surface area (TPSA) is 21.3 Å². The quantitative estimate of drug-likeness (QED) is 0.893. The Kier molecular flexibility index (Phi) is 5.17. The Bertz CT molecular complexity index is 405. The van der Waals surface area contributed by atoms with Gasteiger partial charge in [-0.2, -0.15) is 11.8 Å². The molecular weight excluding hydrogens is 254 g/mol. The summed E-state index contributed by atoms with van der Waals surface area (Å²) in [7, 11) is 1.74. The Hall–Kier alpha value is -0.670. The molecule has 106 valence electrons. The minimum Gasteiger partial charge on any atom is -0.496 e. The number of ether oxygens (including phenoxy) is 1. The van der Waals surface area contributed by atoms with E-state index in [9.17, 15) is 0 Å². The molecule has 0 aromatic heterocycles. The van der Waals surface area contributed by atoms with Crippen molar-refractivity contribution in [3.63, 3.8) is 0 Å². The highest BCUT2D eigenvalue weighted by Crippen LogP contribution is 2.34. The van der Waals surface area contributed by atoms with Gasteiger partial charge in [0.05, 0.1) is 7.11 Å². The molecule has 19 heavy (non-hydrogen) atoms. The lowest BCUT2D eigenvalue weighted by Gasteiger charge is -2.39. The van der Waals surface area contributed by atoms with E-state index in [-0.39, 0.29) is 0 Å². The van der Waals surface area contributed by atoms with Crippen LogP contribution in [0.2, 0.25) is 0 Å². The number of methoxy groups -OCH3 is 1. The average Bonchev–Trinajstić information content (AvgIpc) is 2.41. The molecular formula is C16H25NOS. The summed E-state index contributed by atoms with van der Waals surface area (Å²) >= 11 is 2.07. The van der Waals surface area contributed by atoms with Crippen molar-refractivity contribution in [1.82, 2.24) is 5.32 Å². The van der Waals surface area contributed by atoms with E-state index in [0.717, 1.165) is 18.7 Å². The van der Waals surface area contributed by atoms with E-state index >= 15 is 0 Å². The summed E-state index contributed by atoms with van der Waals surface area (Å²) in [5.41, 5.74) is 1.71. The molecule has 1 saturated heterocycles. The molecule has 1 unspecified atom stereocenters. The van der Waals surface area contributed by atoms with Crippen LogP contribution in [0.5, 0.6) is 5.75 Å². The molecule has 0 aliphatic carbocycles. The van der Waals surface area contributed by atoms with Crippen molar-refractivity contribution in [1.29, 1.82) is 0 Å². The molecule has 1 heterocycles. The number of benzene rings is 1. The Balaban J connectivity index is 1.86. The molecule has 1 aliphatic heterocycles. The zero-order chi connectivity index (χ0) is 13.7. The van der Waals surface area contributed by atoms with Gasteiger partial charge in [0.2, 0.25) is 0 Å². The first-order chi connectivity index (χ1) is 9.13. The second kappa shape index (κ2) is 6.67. The molecule has 0 bridgehead atoms. The van der Waals surface area contributed by atoms with Crippen LogP contribution in [0.25, 0.3) is 0 Å². The molecule has 1 aliphatic rings. The van der Waals surface area contributed by atoms with Crippen molar-refractivity contribution >= 4 is 11.8 Å². The monoisotopic (exact) mass is 279 g/mol. The van der Waals surface area contributed by atoms with E-state index in [1.807, 2.05) is 12.1 Å². The Morgan fingerprint density at radius 2 is 2.16 bits per heavy atom. The molecule has 1 N–H and O–H groups in total. The van der Waals surface area contributed by atoms with Crippen LogP contribution in [-0.2, 0) is 6.42 Å². The van der Waals surface area contributed by atoms with Crippen molar-refractivity contribution in [2.45, 2.75) is 32.7 Å². The number of para-hydroxylation sites is 1. The number of thioether (sulfide) groups is 1. The van der Waals surface area contributed by atoms with E-state index in [4.69, 9.17) is 4.74 Å². The number of hydrogen-bond acceptors (Lipinski definition) is 3. The van der Waals surface area contributed by atoms with Gasteiger partial charge in [-0.25, -0.2) is 0 Å². The molecule has 0 radical (unpaired) electrons. The Morgan fingerprint density at radius 1 is 1.37 bits per heavy atom. The Labute approximate surface area is 121 Å². The third-order valence-electron chi connectivity index (χ3n) is 4.10. The Morgan fingerprint density at radius 3 is 2.89 bits per heavy atom. The number of nitrogens with one attached hydrogen (secondary N) is 1. The van der Waals surface area contributed by atoms with Gasteiger partial charge in [0.1, 0.15) is 5.75 Å². The standard InChI is InChI=1S/C16H25NOS/c1-16(2)9-11-19-12-15(16)17-10-8-13-6-4-5-7-14(13)18-3/h4-7,15,17H,8-12H2,1-3H3. The van der Waals surface area contributed by atoms with Crippen LogP contribution in [0.1, 0.15) is 25.8 Å². The summed E-state index contributed by atoms with van der Waals surface area (Å²) in [6.07, 6.45) is 2.34. The molecule has 0 saturated carbocycles. The number of rotatable bonds is 5. The second-order valence-corrected chi connectivity index (χ2v) is 7.03. The average molecular weight is 279 g/mol. The van der Waals surface area contributed by atoms with Crippen LogP contribution < -0.4 is 10.1 Å². The second-order valence-electron chi connectivity index (χ2n) is 5.88. The molecule has 2 rings (SSSR count). The maximum Gasteiger partial charge on any atom is 0.122 e. The lowest BCUT2D eigenvalue weighted by atomic mass is 9.82. The first kappa shape index (κ1) is 14.7.